The second kappa shape index (κ2) is 16.0. The molecular formula is C21H43IN6O3. The zero-order valence-electron chi connectivity index (χ0n) is 19.8. The summed E-state index contributed by atoms with van der Waals surface area (Å²) in [5.41, 5.74) is 0. The van der Waals surface area contributed by atoms with Gasteiger partial charge in [-0.1, -0.05) is 0 Å². The van der Waals surface area contributed by atoms with Crippen molar-refractivity contribution in [2.24, 2.45) is 4.99 Å². The minimum Gasteiger partial charge on any atom is -0.379 e. The van der Waals surface area contributed by atoms with E-state index in [1.807, 2.05) is 0 Å². The molecule has 1 amide bonds. The molecule has 0 saturated carbocycles. The number of carbonyl (C=O) groups is 1. The molecular weight excluding hydrogens is 511 g/mol. The average Bonchev–Trinajstić information content (AvgIpc) is 2.73. The highest BCUT2D eigenvalue weighted by atomic mass is 127. The number of guanidine groups is 1. The van der Waals surface area contributed by atoms with Crippen LogP contribution in [-0.2, 0) is 14.3 Å². The summed E-state index contributed by atoms with van der Waals surface area (Å²) in [4.78, 5) is 22.9. The normalized spacial score (nSPS) is 19.2. The predicted molar refractivity (Wildman–Crippen MR) is 135 cm³/mol. The summed E-state index contributed by atoms with van der Waals surface area (Å²) < 4.78 is 11.1. The van der Waals surface area contributed by atoms with Gasteiger partial charge in [0.1, 0.15) is 6.54 Å². The third-order valence-corrected chi connectivity index (χ3v) is 5.48. The molecule has 0 spiro atoms. The molecule has 2 rings (SSSR count). The lowest BCUT2D eigenvalue weighted by Crippen LogP contribution is -2.50. The number of likely N-dealkylation sites (N-methyl/N-ethyl adjacent to an activating group) is 1. The van der Waals surface area contributed by atoms with Gasteiger partial charge in [0.05, 0.1) is 25.9 Å². The first kappa shape index (κ1) is 28.3. The fraction of sp³-hybridized carbons (Fsp3) is 0.905. The lowest BCUT2D eigenvalue weighted by molar-refractivity contribution is -0.127. The molecule has 10 heteroatoms. The van der Waals surface area contributed by atoms with Gasteiger partial charge in [-0.15, -0.1) is 24.0 Å². The molecule has 0 aromatic heterocycles. The van der Waals surface area contributed by atoms with Gasteiger partial charge in [-0.25, -0.2) is 4.99 Å². The van der Waals surface area contributed by atoms with Gasteiger partial charge in [-0.3, -0.25) is 9.69 Å². The zero-order chi connectivity index (χ0) is 21.8. The Kier molecular flexibility index (Phi) is 14.6. The van der Waals surface area contributed by atoms with Crippen LogP contribution in [0, 0.1) is 0 Å². The van der Waals surface area contributed by atoms with E-state index in [2.05, 4.69) is 39.3 Å². The molecule has 0 aliphatic carbocycles. The molecule has 0 bridgehead atoms. The SMILES string of the molecule is CC(C)OCCN1CCC(NC(=NCC(=O)N(C)C)NCCN2CCOCC2)CC1.I. The molecule has 182 valence electrons. The van der Waals surface area contributed by atoms with E-state index in [9.17, 15) is 4.79 Å². The van der Waals surface area contributed by atoms with Gasteiger partial charge in [0, 0.05) is 66.0 Å². The maximum absolute atomic E-state index is 12.0. The monoisotopic (exact) mass is 554 g/mol. The van der Waals surface area contributed by atoms with Gasteiger partial charge in [-0.05, 0) is 26.7 Å². The van der Waals surface area contributed by atoms with Gasteiger partial charge in [0.25, 0.3) is 0 Å². The van der Waals surface area contributed by atoms with Crippen LogP contribution >= 0.6 is 24.0 Å². The van der Waals surface area contributed by atoms with Crippen molar-refractivity contribution < 1.29 is 14.3 Å². The second-order valence-electron chi connectivity index (χ2n) is 8.51. The molecule has 2 heterocycles. The lowest BCUT2D eigenvalue weighted by atomic mass is 10.1. The van der Waals surface area contributed by atoms with Gasteiger partial charge in [-0.2, -0.15) is 0 Å². The van der Waals surface area contributed by atoms with Crippen LogP contribution < -0.4 is 10.6 Å². The number of piperidine rings is 1. The smallest absolute Gasteiger partial charge is 0.243 e. The van der Waals surface area contributed by atoms with Gasteiger partial charge in [0.15, 0.2) is 5.96 Å². The summed E-state index contributed by atoms with van der Waals surface area (Å²) >= 11 is 0. The molecule has 9 nitrogen and oxygen atoms in total. The first-order chi connectivity index (χ1) is 14.4. The van der Waals surface area contributed by atoms with E-state index in [0.717, 1.165) is 84.4 Å². The molecule has 2 saturated heterocycles. The molecule has 2 N–H and O–H groups in total. The second-order valence-corrected chi connectivity index (χ2v) is 8.51. The zero-order valence-corrected chi connectivity index (χ0v) is 22.1. The number of morpholine rings is 1. The number of rotatable bonds is 10. The minimum atomic E-state index is 0. The highest BCUT2D eigenvalue weighted by Gasteiger charge is 2.20. The third kappa shape index (κ3) is 12.2. The van der Waals surface area contributed by atoms with Crippen LogP contribution in [0.5, 0.6) is 0 Å². The largest absolute Gasteiger partial charge is 0.379 e. The van der Waals surface area contributed by atoms with E-state index < -0.39 is 0 Å². The Morgan fingerprint density at radius 2 is 1.77 bits per heavy atom. The van der Waals surface area contributed by atoms with E-state index in [4.69, 9.17) is 9.47 Å². The molecule has 0 unspecified atom stereocenters. The van der Waals surface area contributed by atoms with Crippen LogP contribution in [0.4, 0.5) is 0 Å². The van der Waals surface area contributed by atoms with Crippen LogP contribution in [0.3, 0.4) is 0 Å². The summed E-state index contributed by atoms with van der Waals surface area (Å²) in [7, 11) is 3.52. The van der Waals surface area contributed by atoms with Crippen molar-refractivity contribution in [3.8, 4) is 0 Å². The summed E-state index contributed by atoms with van der Waals surface area (Å²) in [5.74, 6) is 0.740. The number of aliphatic imine (C=N–C) groups is 1. The molecule has 2 aliphatic rings. The summed E-state index contributed by atoms with van der Waals surface area (Å²) in [6.45, 7) is 13.5. The van der Waals surface area contributed by atoms with Crippen LogP contribution in [0.25, 0.3) is 0 Å². The maximum Gasteiger partial charge on any atom is 0.243 e. The molecule has 2 fully saturated rings. The first-order valence-electron chi connectivity index (χ1n) is 11.3. The van der Waals surface area contributed by atoms with Gasteiger partial charge in [0.2, 0.25) is 5.91 Å². The van der Waals surface area contributed by atoms with Crippen molar-refractivity contribution >= 4 is 35.8 Å². The van der Waals surface area contributed by atoms with E-state index in [0.29, 0.717) is 6.04 Å². The highest BCUT2D eigenvalue weighted by molar-refractivity contribution is 14.0. The number of likely N-dealkylation sites (tertiary alicyclic amines) is 1. The Labute approximate surface area is 205 Å². The minimum absolute atomic E-state index is 0. The number of hydrogen-bond acceptors (Lipinski definition) is 6. The topological polar surface area (TPSA) is 81.7 Å². The number of halogens is 1. The van der Waals surface area contributed by atoms with Crippen molar-refractivity contribution in [1.82, 2.24) is 25.3 Å². The molecule has 0 aromatic rings. The van der Waals surface area contributed by atoms with Crippen molar-refractivity contribution in [2.45, 2.75) is 38.8 Å². The number of hydrogen-bond donors (Lipinski definition) is 2. The first-order valence-corrected chi connectivity index (χ1v) is 11.3. The van der Waals surface area contributed by atoms with Crippen molar-refractivity contribution in [1.29, 1.82) is 0 Å². The van der Waals surface area contributed by atoms with Crippen LogP contribution in [0.2, 0.25) is 0 Å². The number of nitrogens with one attached hydrogen (secondary N) is 2. The van der Waals surface area contributed by atoms with E-state index >= 15 is 0 Å². The molecule has 2 aliphatic heterocycles. The summed E-state index contributed by atoms with van der Waals surface area (Å²) in [6, 6.07) is 0.372. The average molecular weight is 555 g/mol. The van der Waals surface area contributed by atoms with Crippen molar-refractivity contribution in [3.05, 3.63) is 0 Å². The van der Waals surface area contributed by atoms with Crippen LogP contribution in [0.1, 0.15) is 26.7 Å². The number of amides is 1. The molecule has 31 heavy (non-hydrogen) atoms. The maximum atomic E-state index is 12.0. The Morgan fingerprint density at radius 1 is 1.13 bits per heavy atom. The fourth-order valence-electron chi connectivity index (χ4n) is 3.51. The Bertz CT molecular complexity index is 521. The lowest BCUT2D eigenvalue weighted by Gasteiger charge is -2.33. The highest BCUT2D eigenvalue weighted by Crippen LogP contribution is 2.10. The Hall–Kier alpha value is -0.690. The number of ether oxygens (including phenoxy) is 2. The van der Waals surface area contributed by atoms with Crippen molar-refractivity contribution in [2.75, 3.05) is 86.3 Å². The van der Waals surface area contributed by atoms with E-state index in [1.165, 1.54) is 0 Å². The fourth-order valence-corrected chi connectivity index (χ4v) is 3.51. The quantitative estimate of drug-likeness (QED) is 0.231. The predicted octanol–water partition coefficient (Wildman–Crippen LogP) is 0.449. The van der Waals surface area contributed by atoms with E-state index in [-0.39, 0.29) is 42.5 Å². The standard InChI is InChI=1S/C21H42N6O3.HI/c1-18(2)30-16-13-26-8-5-19(6-9-26)24-21(23-17-20(28)25(3)4)22-7-10-27-11-14-29-15-12-27;/h18-19H,5-17H2,1-4H3,(H2,22,23,24);1H. The number of nitrogens with zero attached hydrogens (tertiary/aromatic N) is 4. The molecule has 0 aromatic carbocycles. The molecule has 0 atom stereocenters. The van der Waals surface area contributed by atoms with Gasteiger partial charge < -0.3 is 29.9 Å². The Balaban J connectivity index is 0.00000480. The van der Waals surface area contributed by atoms with Crippen molar-refractivity contribution in [3.63, 3.8) is 0 Å². The van der Waals surface area contributed by atoms with Gasteiger partial charge >= 0.3 is 0 Å². The third-order valence-electron chi connectivity index (χ3n) is 5.48. The Morgan fingerprint density at radius 3 is 2.39 bits per heavy atom. The molecule has 0 radical (unpaired) electrons. The summed E-state index contributed by atoms with van der Waals surface area (Å²) in [5, 5.41) is 6.97. The van der Waals surface area contributed by atoms with Crippen LogP contribution in [0.15, 0.2) is 4.99 Å². The summed E-state index contributed by atoms with van der Waals surface area (Å²) in [6.07, 6.45) is 2.41. The van der Waals surface area contributed by atoms with E-state index in [1.54, 1.807) is 19.0 Å². The van der Waals surface area contributed by atoms with Crippen LogP contribution in [-0.4, -0.2) is 125 Å². The number of carbonyl (C=O) groups excluding carboxylic acids is 1.